The van der Waals surface area contributed by atoms with Crippen LogP contribution in [0, 0.1) is 12.7 Å². The first-order valence-electron chi connectivity index (χ1n) is 5.31. The van der Waals surface area contributed by atoms with Gasteiger partial charge in [0.25, 0.3) is 5.91 Å². The summed E-state index contributed by atoms with van der Waals surface area (Å²) in [5.41, 5.74) is 6.44. The molecule has 1 aromatic heterocycles. The molecular formula is C12H12FN3O2. The van der Waals surface area contributed by atoms with E-state index in [4.69, 9.17) is 10.3 Å². The molecule has 1 aromatic carbocycles. The number of halogens is 1. The van der Waals surface area contributed by atoms with Crippen LogP contribution >= 0.6 is 0 Å². The fourth-order valence-corrected chi connectivity index (χ4v) is 1.52. The Bertz CT molecular complexity index is 560. The van der Waals surface area contributed by atoms with E-state index in [1.54, 1.807) is 13.0 Å². The summed E-state index contributed by atoms with van der Waals surface area (Å²) in [4.78, 5) is 11.7. The minimum Gasteiger partial charge on any atom is -0.399 e. The van der Waals surface area contributed by atoms with E-state index in [-0.39, 0.29) is 17.8 Å². The van der Waals surface area contributed by atoms with Gasteiger partial charge >= 0.3 is 0 Å². The Balaban J connectivity index is 2.03. The molecule has 3 N–H and O–H groups in total. The number of aromatic nitrogens is 1. The highest BCUT2D eigenvalue weighted by Gasteiger charge is 2.09. The molecule has 1 amide bonds. The van der Waals surface area contributed by atoms with Gasteiger partial charge < -0.3 is 15.6 Å². The van der Waals surface area contributed by atoms with E-state index in [1.165, 1.54) is 6.07 Å². The SMILES string of the molecule is Cc1cc(CNC(=O)c2cc(N)cc(F)c2)no1. The highest BCUT2D eigenvalue weighted by molar-refractivity contribution is 5.94. The van der Waals surface area contributed by atoms with E-state index in [2.05, 4.69) is 10.5 Å². The van der Waals surface area contributed by atoms with Gasteiger partial charge in [0.2, 0.25) is 0 Å². The van der Waals surface area contributed by atoms with Gasteiger partial charge in [-0.05, 0) is 25.1 Å². The lowest BCUT2D eigenvalue weighted by atomic mass is 10.2. The van der Waals surface area contributed by atoms with E-state index in [1.807, 2.05) is 0 Å². The molecular weight excluding hydrogens is 237 g/mol. The number of nitrogen functional groups attached to an aromatic ring is 1. The summed E-state index contributed by atoms with van der Waals surface area (Å²) >= 11 is 0. The lowest BCUT2D eigenvalue weighted by Gasteiger charge is -2.04. The molecule has 0 unspecified atom stereocenters. The van der Waals surface area contributed by atoms with Crippen LogP contribution < -0.4 is 11.1 Å². The van der Waals surface area contributed by atoms with Gasteiger partial charge in [-0.15, -0.1) is 0 Å². The zero-order valence-corrected chi connectivity index (χ0v) is 9.74. The maximum atomic E-state index is 13.1. The molecule has 5 nitrogen and oxygen atoms in total. The number of hydrogen-bond acceptors (Lipinski definition) is 4. The molecule has 94 valence electrons. The van der Waals surface area contributed by atoms with Crippen molar-refractivity contribution < 1.29 is 13.7 Å². The zero-order chi connectivity index (χ0) is 13.1. The number of nitrogens with zero attached hydrogens (tertiary/aromatic N) is 1. The van der Waals surface area contributed by atoms with E-state index in [0.29, 0.717) is 11.5 Å². The first kappa shape index (κ1) is 12.1. The van der Waals surface area contributed by atoms with Gasteiger partial charge in [0.05, 0.1) is 6.54 Å². The maximum absolute atomic E-state index is 13.1. The fraction of sp³-hybridized carbons (Fsp3) is 0.167. The summed E-state index contributed by atoms with van der Waals surface area (Å²) in [6, 6.07) is 5.39. The van der Waals surface area contributed by atoms with Crippen LogP contribution in [0.25, 0.3) is 0 Å². The number of carbonyl (C=O) groups is 1. The van der Waals surface area contributed by atoms with Crippen molar-refractivity contribution in [1.82, 2.24) is 10.5 Å². The van der Waals surface area contributed by atoms with Crippen LogP contribution in [-0.2, 0) is 6.54 Å². The van der Waals surface area contributed by atoms with Gasteiger partial charge in [-0.25, -0.2) is 4.39 Å². The highest BCUT2D eigenvalue weighted by Crippen LogP contribution is 2.11. The Morgan fingerprint density at radius 2 is 2.22 bits per heavy atom. The molecule has 0 atom stereocenters. The molecule has 0 aliphatic carbocycles. The maximum Gasteiger partial charge on any atom is 0.251 e. The third-order valence-electron chi connectivity index (χ3n) is 2.29. The lowest BCUT2D eigenvalue weighted by Crippen LogP contribution is -2.23. The largest absolute Gasteiger partial charge is 0.399 e. The summed E-state index contributed by atoms with van der Waals surface area (Å²) < 4.78 is 17.9. The summed E-state index contributed by atoms with van der Waals surface area (Å²) in [6.45, 7) is 1.97. The average molecular weight is 249 g/mol. The van der Waals surface area contributed by atoms with Crippen molar-refractivity contribution in [3.63, 3.8) is 0 Å². The van der Waals surface area contributed by atoms with Gasteiger partial charge in [0.15, 0.2) is 0 Å². The number of aryl methyl sites for hydroxylation is 1. The number of benzene rings is 1. The molecule has 0 bridgehead atoms. The molecule has 6 heteroatoms. The minimum atomic E-state index is -0.544. The molecule has 0 fully saturated rings. The smallest absolute Gasteiger partial charge is 0.251 e. The van der Waals surface area contributed by atoms with Crippen LogP contribution in [-0.4, -0.2) is 11.1 Å². The molecule has 0 aliphatic rings. The van der Waals surface area contributed by atoms with Crippen LogP contribution in [0.3, 0.4) is 0 Å². The Labute approximate surface area is 103 Å². The van der Waals surface area contributed by atoms with Crippen molar-refractivity contribution in [2.75, 3.05) is 5.73 Å². The van der Waals surface area contributed by atoms with Crippen LogP contribution in [0.2, 0.25) is 0 Å². The summed E-state index contributed by atoms with van der Waals surface area (Å²) in [5.74, 6) is -0.298. The second kappa shape index (κ2) is 4.87. The molecule has 0 aliphatic heterocycles. The zero-order valence-electron chi connectivity index (χ0n) is 9.74. The highest BCUT2D eigenvalue weighted by atomic mass is 19.1. The molecule has 0 radical (unpaired) electrons. The van der Waals surface area contributed by atoms with Crippen LogP contribution in [0.1, 0.15) is 21.8 Å². The van der Waals surface area contributed by atoms with Crippen LogP contribution in [0.5, 0.6) is 0 Å². The lowest BCUT2D eigenvalue weighted by molar-refractivity contribution is 0.0949. The van der Waals surface area contributed by atoms with E-state index >= 15 is 0 Å². The van der Waals surface area contributed by atoms with Crippen LogP contribution in [0.15, 0.2) is 28.8 Å². The monoisotopic (exact) mass is 249 g/mol. The molecule has 2 rings (SSSR count). The van der Waals surface area contributed by atoms with Crippen molar-refractivity contribution in [3.8, 4) is 0 Å². The Morgan fingerprint density at radius 1 is 1.44 bits per heavy atom. The molecule has 1 heterocycles. The van der Waals surface area contributed by atoms with Gasteiger partial charge in [0.1, 0.15) is 17.3 Å². The summed E-state index contributed by atoms with van der Waals surface area (Å²) in [6.07, 6.45) is 0. The fourth-order valence-electron chi connectivity index (χ4n) is 1.52. The van der Waals surface area contributed by atoms with Gasteiger partial charge in [-0.3, -0.25) is 4.79 Å². The van der Waals surface area contributed by atoms with Crippen molar-refractivity contribution >= 4 is 11.6 Å². The average Bonchev–Trinajstić information content (AvgIpc) is 2.70. The summed E-state index contributed by atoms with van der Waals surface area (Å²) in [5, 5.41) is 6.33. The number of nitrogens with two attached hydrogens (primary N) is 1. The van der Waals surface area contributed by atoms with E-state index < -0.39 is 11.7 Å². The molecule has 2 aromatic rings. The number of carbonyl (C=O) groups excluding carboxylic acids is 1. The topological polar surface area (TPSA) is 81.2 Å². The molecule has 18 heavy (non-hydrogen) atoms. The molecule has 0 saturated heterocycles. The number of hydrogen-bond donors (Lipinski definition) is 2. The van der Waals surface area contributed by atoms with Crippen molar-refractivity contribution in [2.24, 2.45) is 0 Å². The van der Waals surface area contributed by atoms with Crippen molar-refractivity contribution in [1.29, 1.82) is 0 Å². The minimum absolute atomic E-state index is 0.174. The number of rotatable bonds is 3. The third-order valence-corrected chi connectivity index (χ3v) is 2.29. The molecule has 0 saturated carbocycles. The van der Waals surface area contributed by atoms with Gasteiger partial charge in [-0.1, -0.05) is 5.16 Å². The van der Waals surface area contributed by atoms with Gasteiger partial charge in [0, 0.05) is 17.3 Å². The predicted molar refractivity (Wildman–Crippen MR) is 63.2 cm³/mol. The van der Waals surface area contributed by atoms with Crippen molar-refractivity contribution in [3.05, 3.63) is 47.1 Å². The first-order valence-corrected chi connectivity index (χ1v) is 5.31. The normalized spacial score (nSPS) is 10.3. The van der Waals surface area contributed by atoms with Crippen LogP contribution in [0.4, 0.5) is 10.1 Å². The standard InChI is InChI=1S/C12H12FN3O2/c1-7-2-11(16-18-7)6-15-12(17)8-3-9(13)5-10(14)4-8/h2-5H,6,14H2,1H3,(H,15,17). The third kappa shape index (κ3) is 2.85. The second-order valence-corrected chi connectivity index (χ2v) is 3.88. The van der Waals surface area contributed by atoms with E-state index in [0.717, 1.165) is 12.1 Å². The Kier molecular flexibility index (Phi) is 3.27. The summed E-state index contributed by atoms with van der Waals surface area (Å²) in [7, 11) is 0. The number of nitrogens with one attached hydrogen (secondary N) is 1. The molecule has 0 spiro atoms. The quantitative estimate of drug-likeness (QED) is 0.810. The Morgan fingerprint density at radius 3 is 2.83 bits per heavy atom. The van der Waals surface area contributed by atoms with E-state index in [9.17, 15) is 9.18 Å². The predicted octanol–water partition coefficient (Wildman–Crippen LogP) is 1.63. The first-order chi connectivity index (χ1) is 8.54. The Hall–Kier alpha value is -2.37. The second-order valence-electron chi connectivity index (χ2n) is 3.88. The van der Waals surface area contributed by atoms with Gasteiger partial charge in [-0.2, -0.15) is 0 Å². The number of anilines is 1. The number of amides is 1. The van der Waals surface area contributed by atoms with Crippen molar-refractivity contribution in [2.45, 2.75) is 13.5 Å².